The van der Waals surface area contributed by atoms with E-state index in [9.17, 15) is 9.59 Å². The van der Waals surface area contributed by atoms with Crippen LogP contribution in [-0.4, -0.2) is 57.3 Å². The van der Waals surface area contributed by atoms with Crippen molar-refractivity contribution in [3.8, 4) is 0 Å². The van der Waals surface area contributed by atoms with Crippen LogP contribution >= 0.6 is 11.3 Å². The smallest absolute Gasteiger partial charge is 0.253 e. The SMILES string of the molecule is O=C(c1ccc(Cn2ccnc2)cc1)N1CCN(C(=O)C2CC2c2cccs2)CC1. The molecule has 2 atom stereocenters. The second-order valence-corrected chi connectivity index (χ2v) is 8.99. The molecule has 1 saturated heterocycles. The van der Waals surface area contributed by atoms with Gasteiger partial charge in [0.1, 0.15) is 0 Å². The summed E-state index contributed by atoms with van der Waals surface area (Å²) in [6.07, 6.45) is 6.42. The molecule has 1 aliphatic heterocycles. The van der Waals surface area contributed by atoms with Gasteiger partial charge in [-0.3, -0.25) is 9.59 Å². The summed E-state index contributed by atoms with van der Waals surface area (Å²) in [5.41, 5.74) is 1.83. The molecule has 3 heterocycles. The maximum atomic E-state index is 12.9. The first-order valence-corrected chi connectivity index (χ1v) is 11.2. The molecule has 0 spiro atoms. The lowest BCUT2D eigenvalue weighted by Gasteiger charge is -2.35. The Morgan fingerprint density at radius 1 is 1.03 bits per heavy atom. The second-order valence-electron chi connectivity index (χ2n) is 8.01. The molecule has 6 nitrogen and oxygen atoms in total. The van der Waals surface area contributed by atoms with Crippen molar-refractivity contribution in [3.63, 3.8) is 0 Å². The molecule has 154 valence electrons. The monoisotopic (exact) mass is 420 g/mol. The molecular formula is C23H24N4O2S. The minimum Gasteiger partial charge on any atom is -0.339 e. The highest BCUT2D eigenvalue weighted by molar-refractivity contribution is 7.10. The average molecular weight is 421 g/mol. The number of thiophene rings is 1. The van der Waals surface area contributed by atoms with Crippen LogP contribution in [0.4, 0.5) is 0 Å². The standard InChI is InChI=1S/C23H24N4O2S/c28-22(18-5-3-17(4-6-18)15-25-8-7-24-16-25)26-9-11-27(12-10-26)23(29)20-14-19(20)21-2-1-13-30-21/h1-8,13,16,19-20H,9-12,14-15H2. The first-order valence-electron chi connectivity index (χ1n) is 10.3. The Kier molecular flexibility index (Phi) is 5.12. The highest BCUT2D eigenvalue weighted by Crippen LogP contribution is 2.50. The predicted octanol–water partition coefficient (Wildman–Crippen LogP) is 3.08. The lowest BCUT2D eigenvalue weighted by atomic mass is 10.1. The van der Waals surface area contributed by atoms with Crippen LogP contribution in [0.5, 0.6) is 0 Å². The van der Waals surface area contributed by atoms with Crippen LogP contribution in [0.2, 0.25) is 0 Å². The van der Waals surface area contributed by atoms with Crippen molar-refractivity contribution in [3.05, 3.63) is 76.5 Å². The van der Waals surface area contributed by atoms with Crippen LogP contribution in [0.3, 0.4) is 0 Å². The third-order valence-corrected chi connectivity index (χ3v) is 7.02. The Labute approximate surface area is 179 Å². The number of aromatic nitrogens is 2. The van der Waals surface area contributed by atoms with Gasteiger partial charge < -0.3 is 14.4 Å². The molecule has 1 aromatic carbocycles. The summed E-state index contributed by atoms with van der Waals surface area (Å²) in [7, 11) is 0. The van der Waals surface area contributed by atoms with Gasteiger partial charge in [-0.15, -0.1) is 11.3 Å². The van der Waals surface area contributed by atoms with Crippen molar-refractivity contribution in [2.45, 2.75) is 18.9 Å². The number of piperazine rings is 1. The van der Waals surface area contributed by atoms with Crippen LogP contribution in [0.25, 0.3) is 0 Å². The predicted molar refractivity (Wildman–Crippen MR) is 115 cm³/mol. The van der Waals surface area contributed by atoms with Crippen LogP contribution in [0.1, 0.15) is 33.1 Å². The van der Waals surface area contributed by atoms with E-state index in [0.717, 1.165) is 18.5 Å². The van der Waals surface area contributed by atoms with E-state index >= 15 is 0 Å². The molecule has 2 aliphatic rings. The summed E-state index contributed by atoms with van der Waals surface area (Å²) in [5.74, 6) is 0.829. The molecule has 1 saturated carbocycles. The van der Waals surface area contributed by atoms with Crippen molar-refractivity contribution in [1.29, 1.82) is 0 Å². The molecule has 7 heteroatoms. The second kappa shape index (κ2) is 8.07. The molecule has 2 amide bonds. The number of rotatable bonds is 5. The summed E-state index contributed by atoms with van der Waals surface area (Å²) in [6.45, 7) is 3.17. The molecule has 0 bridgehead atoms. The average Bonchev–Trinajstić information content (AvgIpc) is 3.16. The van der Waals surface area contributed by atoms with Gasteiger partial charge >= 0.3 is 0 Å². The number of nitrogens with zero attached hydrogens (tertiary/aromatic N) is 4. The Morgan fingerprint density at radius 3 is 2.47 bits per heavy atom. The maximum absolute atomic E-state index is 12.9. The van der Waals surface area contributed by atoms with Crippen molar-refractivity contribution in [2.75, 3.05) is 26.2 Å². The number of benzene rings is 1. The van der Waals surface area contributed by atoms with Gasteiger partial charge in [-0.2, -0.15) is 0 Å². The first-order chi connectivity index (χ1) is 14.7. The lowest BCUT2D eigenvalue weighted by Crippen LogP contribution is -2.51. The molecule has 2 fully saturated rings. The van der Waals surface area contributed by atoms with Crippen LogP contribution in [0.15, 0.2) is 60.5 Å². The van der Waals surface area contributed by atoms with E-state index in [2.05, 4.69) is 22.5 Å². The van der Waals surface area contributed by atoms with Gasteiger partial charge in [0.2, 0.25) is 5.91 Å². The van der Waals surface area contributed by atoms with E-state index in [1.54, 1.807) is 23.9 Å². The van der Waals surface area contributed by atoms with E-state index in [4.69, 9.17) is 0 Å². The number of carbonyl (C=O) groups is 2. The Hall–Kier alpha value is -2.93. The van der Waals surface area contributed by atoms with Crippen molar-refractivity contribution in [2.24, 2.45) is 5.92 Å². The summed E-state index contributed by atoms with van der Waals surface area (Å²) >= 11 is 1.74. The van der Waals surface area contributed by atoms with E-state index in [0.29, 0.717) is 37.7 Å². The van der Waals surface area contributed by atoms with Crippen molar-refractivity contribution < 1.29 is 9.59 Å². The van der Waals surface area contributed by atoms with Gasteiger partial charge in [0.05, 0.1) is 6.33 Å². The minimum atomic E-state index is 0.0409. The summed E-state index contributed by atoms with van der Waals surface area (Å²) in [4.78, 5) is 34.8. The number of hydrogen-bond donors (Lipinski definition) is 0. The molecule has 0 N–H and O–H groups in total. The maximum Gasteiger partial charge on any atom is 0.253 e. The molecule has 2 aromatic heterocycles. The Bertz CT molecular complexity index is 1010. The Morgan fingerprint density at radius 2 is 1.80 bits per heavy atom. The minimum absolute atomic E-state index is 0.0409. The van der Waals surface area contributed by atoms with E-state index < -0.39 is 0 Å². The molecule has 5 rings (SSSR count). The van der Waals surface area contributed by atoms with Gasteiger partial charge in [0, 0.05) is 67.4 Å². The molecule has 0 radical (unpaired) electrons. The normalized spacial score (nSPS) is 20.9. The topological polar surface area (TPSA) is 58.4 Å². The third kappa shape index (κ3) is 3.89. The summed E-state index contributed by atoms with van der Waals surface area (Å²) in [6, 6.07) is 11.9. The van der Waals surface area contributed by atoms with Crippen LogP contribution in [0, 0.1) is 5.92 Å². The zero-order valence-electron chi connectivity index (χ0n) is 16.7. The van der Waals surface area contributed by atoms with Gasteiger partial charge in [-0.25, -0.2) is 4.98 Å². The summed E-state index contributed by atoms with van der Waals surface area (Å²) in [5, 5.41) is 2.07. The Balaban J connectivity index is 1.14. The quantitative estimate of drug-likeness (QED) is 0.637. The summed E-state index contributed by atoms with van der Waals surface area (Å²) < 4.78 is 2.00. The molecule has 3 aromatic rings. The van der Waals surface area contributed by atoms with Gasteiger partial charge in [-0.05, 0) is 35.6 Å². The lowest BCUT2D eigenvalue weighted by molar-refractivity contribution is -0.134. The van der Waals surface area contributed by atoms with Crippen LogP contribution < -0.4 is 0 Å². The van der Waals surface area contributed by atoms with Crippen molar-refractivity contribution >= 4 is 23.2 Å². The third-order valence-electron chi connectivity index (χ3n) is 6.02. The first kappa shape index (κ1) is 19.1. The molecule has 30 heavy (non-hydrogen) atoms. The molecular weight excluding hydrogens is 396 g/mol. The van der Waals surface area contributed by atoms with E-state index in [1.165, 1.54) is 4.88 Å². The fourth-order valence-corrected chi connectivity index (χ4v) is 5.08. The number of hydrogen-bond acceptors (Lipinski definition) is 4. The molecule has 1 aliphatic carbocycles. The van der Waals surface area contributed by atoms with E-state index in [-0.39, 0.29) is 17.7 Å². The number of imidazole rings is 1. The van der Waals surface area contributed by atoms with E-state index in [1.807, 2.05) is 44.8 Å². The zero-order valence-corrected chi connectivity index (χ0v) is 17.5. The fraction of sp³-hybridized carbons (Fsp3) is 0.348. The van der Waals surface area contributed by atoms with Gasteiger partial charge in [0.25, 0.3) is 5.91 Å². The highest BCUT2D eigenvalue weighted by atomic mass is 32.1. The van der Waals surface area contributed by atoms with Gasteiger partial charge in [-0.1, -0.05) is 18.2 Å². The molecule has 2 unspecified atom stereocenters. The van der Waals surface area contributed by atoms with Crippen molar-refractivity contribution in [1.82, 2.24) is 19.4 Å². The zero-order chi connectivity index (χ0) is 20.5. The fourth-order valence-electron chi connectivity index (χ4n) is 4.18. The highest BCUT2D eigenvalue weighted by Gasteiger charge is 2.46. The number of carbonyl (C=O) groups excluding carboxylic acids is 2. The largest absolute Gasteiger partial charge is 0.339 e. The van der Waals surface area contributed by atoms with Gasteiger partial charge in [0.15, 0.2) is 0 Å². The number of amides is 2. The van der Waals surface area contributed by atoms with Crippen LogP contribution in [-0.2, 0) is 11.3 Å².